The minimum atomic E-state index is 0.254. The molecular weight excluding hydrogens is 178 g/mol. The fraction of sp³-hybridized carbons (Fsp3) is 0.364. The third kappa shape index (κ3) is 1.20. The largest absolute Gasteiger partial charge is 0.454 e. The van der Waals surface area contributed by atoms with Gasteiger partial charge in [0.25, 0.3) is 0 Å². The number of ether oxygens (including phenoxy) is 2. The summed E-state index contributed by atoms with van der Waals surface area (Å²) in [7, 11) is 0. The Hall–Kier alpha value is -1.69. The summed E-state index contributed by atoms with van der Waals surface area (Å²) in [6, 6.07) is 5.74. The van der Waals surface area contributed by atoms with Gasteiger partial charge in [0.05, 0.1) is 11.6 Å². The summed E-state index contributed by atoms with van der Waals surface area (Å²) in [6.45, 7) is 4.33. The fourth-order valence-corrected chi connectivity index (χ4v) is 1.66. The van der Waals surface area contributed by atoms with Gasteiger partial charge in [-0.15, -0.1) is 0 Å². The molecule has 0 aliphatic carbocycles. The number of nitriles is 1. The van der Waals surface area contributed by atoms with Crippen molar-refractivity contribution in [2.24, 2.45) is 0 Å². The minimum absolute atomic E-state index is 0.254. The van der Waals surface area contributed by atoms with E-state index in [0.717, 1.165) is 17.1 Å². The molecule has 0 N–H and O–H groups in total. The topological polar surface area (TPSA) is 42.2 Å². The van der Waals surface area contributed by atoms with Crippen LogP contribution < -0.4 is 9.47 Å². The van der Waals surface area contributed by atoms with Gasteiger partial charge in [0.1, 0.15) is 0 Å². The van der Waals surface area contributed by atoms with Crippen molar-refractivity contribution in [1.82, 2.24) is 0 Å². The Morgan fingerprint density at radius 2 is 2.14 bits per heavy atom. The summed E-state index contributed by atoms with van der Waals surface area (Å²) in [4.78, 5) is 0. The Labute approximate surface area is 82.9 Å². The number of fused-ring (bicyclic) bond motifs is 1. The summed E-state index contributed by atoms with van der Waals surface area (Å²) >= 11 is 0. The molecule has 3 heteroatoms. The molecular formula is C11H11NO2. The molecule has 0 radical (unpaired) electrons. The molecule has 0 bridgehead atoms. The summed E-state index contributed by atoms with van der Waals surface area (Å²) in [5.41, 5.74) is 1.62. The van der Waals surface area contributed by atoms with Crippen LogP contribution in [0.3, 0.4) is 0 Å². The molecule has 1 aliphatic rings. The zero-order valence-electron chi connectivity index (χ0n) is 8.20. The highest BCUT2D eigenvalue weighted by Crippen LogP contribution is 2.40. The molecule has 0 unspecified atom stereocenters. The van der Waals surface area contributed by atoms with Crippen molar-refractivity contribution in [3.05, 3.63) is 23.3 Å². The lowest BCUT2D eigenvalue weighted by Crippen LogP contribution is -1.97. The van der Waals surface area contributed by atoms with Crippen LogP contribution in [0.2, 0.25) is 0 Å². The van der Waals surface area contributed by atoms with E-state index in [0.29, 0.717) is 5.56 Å². The van der Waals surface area contributed by atoms with E-state index >= 15 is 0 Å². The number of hydrogen-bond donors (Lipinski definition) is 0. The maximum absolute atomic E-state index is 8.95. The van der Waals surface area contributed by atoms with E-state index in [1.807, 2.05) is 13.8 Å². The first-order chi connectivity index (χ1) is 6.74. The van der Waals surface area contributed by atoms with Crippen LogP contribution in [0.4, 0.5) is 0 Å². The molecule has 72 valence electrons. The van der Waals surface area contributed by atoms with Crippen LogP contribution in [0.1, 0.15) is 30.9 Å². The Bertz CT molecular complexity index is 404. The van der Waals surface area contributed by atoms with E-state index in [9.17, 15) is 0 Å². The molecule has 0 atom stereocenters. The molecule has 0 saturated carbocycles. The van der Waals surface area contributed by atoms with Gasteiger partial charge < -0.3 is 9.47 Å². The van der Waals surface area contributed by atoms with E-state index < -0.39 is 0 Å². The third-order valence-corrected chi connectivity index (χ3v) is 2.28. The highest BCUT2D eigenvalue weighted by atomic mass is 16.7. The molecule has 14 heavy (non-hydrogen) atoms. The molecule has 1 aromatic carbocycles. The summed E-state index contributed by atoms with van der Waals surface area (Å²) in [5.74, 6) is 1.74. The maximum atomic E-state index is 8.95. The SMILES string of the molecule is CC(C)c1c(C#N)ccc2c1OCO2. The van der Waals surface area contributed by atoms with Crippen molar-refractivity contribution in [1.29, 1.82) is 5.26 Å². The predicted molar refractivity (Wildman–Crippen MR) is 51.4 cm³/mol. The van der Waals surface area contributed by atoms with Crippen molar-refractivity contribution >= 4 is 0 Å². The number of rotatable bonds is 1. The zero-order chi connectivity index (χ0) is 10.1. The molecule has 1 aromatic rings. The van der Waals surface area contributed by atoms with E-state index in [1.54, 1.807) is 12.1 Å². The highest BCUT2D eigenvalue weighted by molar-refractivity contribution is 5.56. The Balaban J connectivity index is 2.64. The monoisotopic (exact) mass is 189 g/mol. The van der Waals surface area contributed by atoms with E-state index in [-0.39, 0.29) is 12.7 Å². The van der Waals surface area contributed by atoms with Crippen LogP contribution in [0.5, 0.6) is 11.5 Å². The molecule has 2 rings (SSSR count). The Morgan fingerprint density at radius 1 is 1.36 bits per heavy atom. The summed E-state index contributed by atoms with van der Waals surface area (Å²) < 4.78 is 10.6. The summed E-state index contributed by atoms with van der Waals surface area (Å²) in [5, 5.41) is 8.95. The van der Waals surface area contributed by atoms with Gasteiger partial charge in [-0.05, 0) is 18.1 Å². The zero-order valence-corrected chi connectivity index (χ0v) is 8.20. The lowest BCUT2D eigenvalue weighted by molar-refractivity contribution is 0.173. The van der Waals surface area contributed by atoms with Crippen LogP contribution in [0, 0.1) is 11.3 Å². The van der Waals surface area contributed by atoms with Gasteiger partial charge in [-0.2, -0.15) is 5.26 Å². The molecule has 0 spiro atoms. The van der Waals surface area contributed by atoms with Gasteiger partial charge in [-0.25, -0.2) is 0 Å². The average molecular weight is 189 g/mol. The van der Waals surface area contributed by atoms with Crippen LogP contribution >= 0.6 is 0 Å². The normalized spacial score (nSPS) is 13.0. The molecule has 1 aliphatic heterocycles. The fourth-order valence-electron chi connectivity index (χ4n) is 1.66. The molecule has 0 amide bonds. The van der Waals surface area contributed by atoms with Gasteiger partial charge in [-0.3, -0.25) is 0 Å². The van der Waals surface area contributed by atoms with Crippen LogP contribution in [-0.4, -0.2) is 6.79 Å². The maximum Gasteiger partial charge on any atom is 0.231 e. The van der Waals surface area contributed by atoms with Gasteiger partial charge in [0, 0.05) is 5.56 Å². The first kappa shape index (κ1) is 8.89. The third-order valence-electron chi connectivity index (χ3n) is 2.28. The van der Waals surface area contributed by atoms with Gasteiger partial charge in [0.15, 0.2) is 11.5 Å². The van der Waals surface area contributed by atoms with Crippen molar-refractivity contribution < 1.29 is 9.47 Å². The number of benzene rings is 1. The molecule has 0 aromatic heterocycles. The second kappa shape index (κ2) is 3.22. The molecule has 0 fully saturated rings. The minimum Gasteiger partial charge on any atom is -0.454 e. The predicted octanol–water partition coefficient (Wildman–Crippen LogP) is 2.41. The van der Waals surface area contributed by atoms with Crippen molar-refractivity contribution in [2.45, 2.75) is 19.8 Å². The quantitative estimate of drug-likeness (QED) is 0.681. The summed E-state index contributed by atoms with van der Waals surface area (Å²) in [6.07, 6.45) is 0. The molecule has 1 heterocycles. The standard InChI is InChI=1S/C11H11NO2/c1-7(2)10-8(5-12)3-4-9-11(10)14-6-13-9/h3-4,7H,6H2,1-2H3. The van der Waals surface area contributed by atoms with Gasteiger partial charge in [-0.1, -0.05) is 13.8 Å². The van der Waals surface area contributed by atoms with Crippen LogP contribution in [0.25, 0.3) is 0 Å². The van der Waals surface area contributed by atoms with Crippen LogP contribution in [-0.2, 0) is 0 Å². The average Bonchev–Trinajstić information content (AvgIpc) is 2.62. The molecule has 0 saturated heterocycles. The first-order valence-corrected chi connectivity index (χ1v) is 4.56. The second-order valence-corrected chi connectivity index (χ2v) is 3.53. The highest BCUT2D eigenvalue weighted by Gasteiger charge is 2.22. The van der Waals surface area contributed by atoms with E-state index in [1.165, 1.54) is 0 Å². The molecule has 3 nitrogen and oxygen atoms in total. The smallest absolute Gasteiger partial charge is 0.231 e. The Morgan fingerprint density at radius 3 is 2.79 bits per heavy atom. The van der Waals surface area contributed by atoms with Crippen molar-refractivity contribution in [2.75, 3.05) is 6.79 Å². The van der Waals surface area contributed by atoms with Crippen LogP contribution in [0.15, 0.2) is 12.1 Å². The number of hydrogen-bond acceptors (Lipinski definition) is 3. The van der Waals surface area contributed by atoms with Crippen molar-refractivity contribution in [3.8, 4) is 17.6 Å². The van der Waals surface area contributed by atoms with E-state index in [4.69, 9.17) is 14.7 Å². The second-order valence-electron chi connectivity index (χ2n) is 3.53. The van der Waals surface area contributed by atoms with Crippen molar-refractivity contribution in [3.63, 3.8) is 0 Å². The lowest BCUT2D eigenvalue weighted by atomic mass is 9.96. The van der Waals surface area contributed by atoms with Gasteiger partial charge >= 0.3 is 0 Å². The van der Waals surface area contributed by atoms with E-state index in [2.05, 4.69) is 6.07 Å². The number of nitrogens with zero attached hydrogens (tertiary/aromatic N) is 1. The first-order valence-electron chi connectivity index (χ1n) is 4.56. The van der Waals surface area contributed by atoms with Gasteiger partial charge in [0.2, 0.25) is 6.79 Å². The Kier molecular flexibility index (Phi) is 2.05. The lowest BCUT2D eigenvalue weighted by Gasteiger charge is -2.10.